The number of aliphatic hydroxyl groups is 2. The van der Waals surface area contributed by atoms with E-state index in [4.69, 9.17) is 9.47 Å². The average molecular weight is 498 g/mol. The van der Waals surface area contributed by atoms with Gasteiger partial charge in [0, 0.05) is 51.5 Å². The molecule has 0 amide bonds. The number of nitrogens with zero attached hydrogens (tertiary/aromatic N) is 1. The molecular formula is C26H27NO9. The molecule has 0 spiro atoms. The van der Waals surface area contributed by atoms with Gasteiger partial charge in [0.2, 0.25) is 5.78 Å². The highest BCUT2D eigenvalue weighted by molar-refractivity contribution is 6.25. The molecule has 3 atom stereocenters. The lowest BCUT2D eigenvalue weighted by atomic mass is 9.60. The van der Waals surface area contributed by atoms with Gasteiger partial charge in [-0.1, -0.05) is 0 Å². The molecule has 1 aromatic carbocycles. The van der Waals surface area contributed by atoms with Crippen molar-refractivity contribution >= 4 is 35.0 Å². The molecule has 3 aliphatic rings. The Bertz CT molecular complexity index is 1300. The van der Waals surface area contributed by atoms with E-state index in [1.54, 1.807) is 20.2 Å². The molecule has 2 N–H and O–H groups in total. The zero-order valence-electron chi connectivity index (χ0n) is 20.6. The Morgan fingerprint density at radius 1 is 1.03 bits per heavy atom. The summed E-state index contributed by atoms with van der Waals surface area (Å²) in [5, 5.41) is 22.8. The van der Waals surface area contributed by atoms with Crippen LogP contribution in [0.2, 0.25) is 0 Å². The molecule has 0 radical (unpaired) electrons. The average Bonchev–Trinajstić information content (AvgIpc) is 2.75. The van der Waals surface area contributed by atoms with Crippen LogP contribution in [0.1, 0.15) is 49.5 Å². The van der Waals surface area contributed by atoms with Gasteiger partial charge in [0.25, 0.3) is 0 Å². The van der Waals surface area contributed by atoms with Crippen molar-refractivity contribution in [3.63, 3.8) is 0 Å². The van der Waals surface area contributed by atoms with E-state index in [0.717, 1.165) is 13.8 Å². The number of aliphatic hydroxyl groups excluding tert-OH is 1. The Labute approximate surface area is 207 Å². The van der Waals surface area contributed by atoms with E-state index < -0.39 is 58.1 Å². The molecular weight excluding hydrogens is 470 g/mol. The summed E-state index contributed by atoms with van der Waals surface area (Å²) < 4.78 is 10.4. The third-order valence-electron chi connectivity index (χ3n) is 6.99. The molecule has 36 heavy (non-hydrogen) atoms. The van der Waals surface area contributed by atoms with Crippen LogP contribution in [0.25, 0.3) is 0 Å². The molecule has 4 rings (SSSR count). The number of benzene rings is 1. The van der Waals surface area contributed by atoms with E-state index in [-0.39, 0.29) is 41.9 Å². The molecule has 0 aliphatic heterocycles. The van der Waals surface area contributed by atoms with Gasteiger partial charge in [-0.15, -0.1) is 0 Å². The van der Waals surface area contributed by atoms with Crippen molar-refractivity contribution in [1.29, 1.82) is 0 Å². The second-order valence-corrected chi connectivity index (χ2v) is 9.60. The summed E-state index contributed by atoms with van der Waals surface area (Å²) in [6.45, 7) is 3.42. The van der Waals surface area contributed by atoms with Crippen molar-refractivity contribution in [3.8, 4) is 5.75 Å². The topological polar surface area (TPSA) is 148 Å². The van der Waals surface area contributed by atoms with E-state index in [2.05, 4.69) is 0 Å². The van der Waals surface area contributed by atoms with Crippen molar-refractivity contribution in [2.24, 2.45) is 11.8 Å². The van der Waals surface area contributed by atoms with Crippen LogP contribution in [0.3, 0.4) is 0 Å². The lowest BCUT2D eigenvalue weighted by Crippen LogP contribution is -2.56. The van der Waals surface area contributed by atoms with Gasteiger partial charge in [0.1, 0.15) is 22.8 Å². The third kappa shape index (κ3) is 3.72. The van der Waals surface area contributed by atoms with E-state index in [0.29, 0.717) is 11.3 Å². The highest BCUT2D eigenvalue weighted by atomic mass is 16.5. The lowest BCUT2D eigenvalue weighted by Gasteiger charge is -2.46. The van der Waals surface area contributed by atoms with Crippen LogP contribution < -0.4 is 9.64 Å². The quantitative estimate of drug-likeness (QED) is 0.359. The van der Waals surface area contributed by atoms with Crippen molar-refractivity contribution in [2.45, 2.75) is 45.6 Å². The predicted octanol–water partition coefficient (Wildman–Crippen LogP) is 1.97. The summed E-state index contributed by atoms with van der Waals surface area (Å²) in [5.74, 6) is -6.38. The van der Waals surface area contributed by atoms with Crippen LogP contribution in [0.15, 0.2) is 34.8 Å². The van der Waals surface area contributed by atoms with Gasteiger partial charge in [0.15, 0.2) is 17.2 Å². The van der Waals surface area contributed by atoms with Crippen molar-refractivity contribution in [1.82, 2.24) is 0 Å². The Morgan fingerprint density at radius 3 is 2.22 bits per heavy atom. The number of ketones is 3. The van der Waals surface area contributed by atoms with Crippen LogP contribution in [-0.2, 0) is 30.3 Å². The Morgan fingerprint density at radius 2 is 1.67 bits per heavy atom. The number of esters is 2. The number of hydrogen-bond donors (Lipinski definition) is 2. The first kappa shape index (κ1) is 25.3. The molecule has 0 bridgehead atoms. The molecule has 0 saturated heterocycles. The fraction of sp³-hybridized carbons (Fsp3) is 0.423. The largest absolute Gasteiger partial charge is 0.508 e. The maximum absolute atomic E-state index is 13.8. The molecule has 0 aromatic heterocycles. The first-order valence-corrected chi connectivity index (χ1v) is 11.5. The standard InChI is InChI=1S/C26H27NO9/c1-11(28)20-19(36-13(3)30)10-15-8-14-9-16-17(27(4)5)6-7-18(35-12(2)29)22(16)23(31)21(14)25(33)26(15,34)24(20)32/h6-7,14-15,33-34H,8-10H2,1-5H3/t14-,15+,26-/m1/s1. The number of rotatable bonds is 4. The van der Waals surface area contributed by atoms with Crippen LogP contribution in [0.5, 0.6) is 5.75 Å². The van der Waals surface area contributed by atoms with Gasteiger partial charge in [-0.25, -0.2) is 0 Å². The van der Waals surface area contributed by atoms with Crippen molar-refractivity contribution in [2.75, 3.05) is 19.0 Å². The minimum atomic E-state index is -2.54. The molecule has 10 heteroatoms. The van der Waals surface area contributed by atoms with Gasteiger partial charge in [0.05, 0.1) is 5.56 Å². The molecule has 0 saturated carbocycles. The van der Waals surface area contributed by atoms with Gasteiger partial charge in [-0.05, 0) is 43.4 Å². The SMILES string of the molecule is CC(=O)OC1=C(C(C)=O)C(=O)[C@@]2(O)C(O)=C3C(=O)c4c(OC(C)=O)ccc(N(C)C)c4C[C@H]3C[C@H]2C1. The van der Waals surface area contributed by atoms with Gasteiger partial charge in [-0.2, -0.15) is 0 Å². The fourth-order valence-electron chi connectivity index (χ4n) is 5.60. The van der Waals surface area contributed by atoms with E-state index in [1.807, 2.05) is 4.90 Å². The molecule has 10 nitrogen and oxygen atoms in total. The molecule has 0 unspecified atom stereocenters. The number of fused-ring (bicyclic) bond motifs is 3. The normalized spacial score (nSPS) is 25.1. The molecule has 0 fully saturated rings. The first-order chi connectivity index (χ1) is 16.8. The summed E-state index contributed by atoms with van der Waals surface area (Å²) in [7, 11) is 3.60. The predicted molar refractivity (Wildman–Crippen MR) is 125 cm³/mol. The number of carbonyl (C=O) groups is 5. The van der Waals surface area contributed by atoms with Crippen LogP contribution in [-0.4, -0.2) is 59.2 Å². The molecule has 190 valence electrons. The van der Waals surface area contributed by atoms with Crippen molar-refractivity contribution in [3.05, 3.63) is 45.9 Å². The number of allylic oxidation sites excluding steroid dienone is 2. The number of ether oxygens (including phenoxy) is 2. The maximum Gasteiger partial charge on any atom is 0.308 e. The zero-order chi connectivity index (χ0) is 26.7. The second kappa shape index (κ2) is 8.70. The van der Waals surface area contributed by atoms with Gasteiger partial charge < -0.3 is 24.6 Å². The highest BCUT2D eigenvalue weighted by Crippen LogP contribution is 2.52. The molecule has 1 aromatic rings. The minimum Gasteiger partial charge on any atom is -0.508 e. The number of carbonyl (C=O) groups excluding carboxylic acids is 5. The van der Waals surface area contributed by atoms with Crippen LogP contribution in [0.4, 0.5) is 5.69 Å². The Hall–Kier alpha value is -3.79. The number of Topliss-reactive ketones (excluding diaryl/α,β-unsaturated/α-hetero) is 3. The first-order valence-electron chi connectivity index (χ1n) is 11.5. The van der Waals surface area contributed by atoms with Crippen LogP contribution >= 0.6 is 0 Å². The molecule has 3 aliphatic carbocycles. The zero-order valence-corrected chi connectivity index (χ0v) is 20.6. The fourth-order valence-corrected chi connectivity index (χ4v) is 5.60. The van der Waals surface area contributed by atoms with E-state index in [9.17, 15) is 34.2 Å². The lowest BCUT2D eigenvalue weighted by molar-refractivity contribution is -0.147. The third-order valence-corrected chi connectivity index (χ3v) is 6.99. The minimum absolute atomic E-state index is 0.0115. The summed E-state index contributed by atoms with van der Waals surface area (Å²) >= 11 is 0. The highest BCUT2D eigenvalue weighted by Gasteiger charge is 2.60. The smallest absolute Gasteiger partial charge is 0.308 e. The Kier molecular flexibility index (Phi) is 6.12. The summed E-state index contributed by atoms with van der Waals surface area (Å²) in [6.07, 6.45) is 0.211. The van der Waals surface area contributed by atoms with Crippen LogP contribution in [0, 0.1) is 11.8 Å². The Balaban J connectivity index is 1.92. The number of hydrogen-bond acceptors (Lipinski definition) is 10. The number of anilines is 1. The van der Waals surface area contributed by atoms with Gasteiger partial charge in [-0.3, -0.25) is 24.0 Å². The van der Waals surface area contributed by atoms with Crippen molar-refractivity contribution < 1.29 is 43.7 Å². The van der Waals surface area contributed by atoms with Gasteiger partial charge >= 0.3 is 11.9 Å². The summed E-state index contributed by atoms with van der Waals surface area (Å²) in [5.41, 5.74) is -1.82. The van der Waals surface area contributed by atoms with E-state index in [1.165, 1.54) is 13.0 Å². The molecule has 0 heterocycles. The summed E-state index contributed by atoms with van der Waals surface area (Å²) in [6, 6.07) is 3.21. The van der Waals surface area contributed by atoms with E-state index >= 15 is 0 Å². The summed E-state index contributed by atoms with van der Waals surface area (Å²) in [4.78, 5) is 64.6. The maximum atomic E-state index is 13.8. The second-order valence-electron chi connectivity index (χ2n) is 9.60. The monoisotopic (exact) mass is 497 g/mol.